The predicted molar refractivity (Wildman–Crippen MR) is 113 cm³/mol. The Morgan fingerprint density at radius 2 is 1.83 bits per heavy atom. The molecular formula is C22H31N4O4+. The van der Waals surface area contributed by atoms with Gasteiger partial charge in [0, 0.05) is 18.0 Å². The van der Waals surface area contributed by atoms with Crippen molar-refractivity contribution in [3.63, 3.8) is 0 Å². The van der Waals surface area contributed by atoms with Crippen molar-refractivity contribution in [1.82, 2.24) is 15.1 Å². The quantitative estimate of drug-likeness (QED) is 0.728. The van der Waals surface area contributed by atoms with E-state index in [1.807, 2.05) is 39.0 Å². The number of hydrogen-bond acceptors (Lipinski definition) is 4. The molecule has 162 valence electrons. The first kappa shape index (κ1) is 21.8. The van der Waals surface area contributed by atoms with Gasteiger partial charge in [-0.25, -0.2) is 0 Å². The minimum absolute atomic E-state index is 0.00424. The Bertz CT molecular complexity index is 890. The number of nitrogens with zero attached hydrogens (tertiary/aromatic N) is 2. The van der Waals surface area contributed by atoms with Gasteiger partial charge in [0.2, 0.25) is 5.91 Å². The zero-order chi connectivity index (χ0) is 21.9. The molecule has 0 aliphatic carbocycles. The Kier molecular flexibility index (Phi) is 6.45. The van der Waals surface area contributed by atoms with Crippen molar-refractivity contribution in [1.29, 1.82) is 0 Å². The molecule has 0 radical (unpaired) electrons. The van der Waals surface area contributed by atoms with Crippen LogP contribution in [-0.2, 0) is 9.59 Å². The van der Waals surface area contributed by atoms with Gasteiger partial charge in [0.05, 0.1) is 32.7 Å². The molecule has 1 saturated heterocycles. The molecule has 3 rings (SSSR count). The molecule has 2 N–H and O–H groups in total. The molecule has 1 aromatic carbocycles. The van der Waals surface area contributed by atoms with Gasteiger partial charge in [0.15, 0.2) is 12.3 Å². The highest BCUT2D eigenvalue weighted by molar-refractivity contribution is 5.97. The van der Waals surface area contributed by atoms with Gasteiger partial charge < -0.3 is 24.4 Å². The Hall–Kier alpha value is -2.87. The number of benzene rings is 1. The molecule has 8 nitrogen and oxygen atoms in total. The average molecular weight is 416 g/mol. The lowest BCUT2D eigenvalue weighted by Crippen LogP contribution is -3.16. The third-order valence-electron chi connectivity index (χ3n) is 5.10. The van der Waals surface area contributed by atoms with Gasteiger partial charge >= 0.3 is 0 Å². The summed E-state index contributed by atoms with van der Waals surface area (Å²) in [6, 6.07) is 9.12. The van der Waals surface area contributed by atoms with Gasteiger partial charge in [-0.1, -0.05) is 18.2 Å². The number of quaternary nitrogens is 1. The molecule has 0 saturated carbocycles. The molecule has 2 aromatic rings. The lowest BCUT2D eigenvalue weighted by Gasteiger charge is -2.33. The molecule has 1 aromatic heterocycles. The first-order valence-electron chi connectivity index (χ1n) is 10.3. The lowest BCUT2D eigenvalue weighted by atomic mass is 10.1. The number of para-hydroxylation sites is 1. The summed E-state index contributed by atoms with van der Waals surface area (Å²) in [4.78, 5) is 41.7. The highest BCUT2D eigenvalue weighted by atomic mass is 16.3. The van der Waals surface area contributed by atoms with E-state index in [0.29, 0.717) is 38.3 Å². The highest BCUT2D eigenvalue weighted by Gasteiger charge is 2.28. The lowest BCUT2D eigenvalue weighted by molar-refractivity contribution is -0.896. The van der Waals surface area contributed by atoms with Gasteiger partial charge in [0.1, 0.15) is 5.58 Å². The minimum atomic E-state index is -0.317. The first-order chi connectivity index (χ1) is 14.1. The minimum Gasteiger partial charge on any atom is -0.451 e. The number of hydrogen-bond donors (Lipinski definition) is 2. The molecule has 0 bridgehead atoms. The van der Waals surface area contributed by atoms with E-state index in [2.05, 4.69) is 5.32 Å². The van der Waals surface area contributed by atoms with Crippen LogP contribution in [-0.4, -0.2) is 79.4 Å². The van der Waals surface area contributed by atoms with Crippen LogP contribution in [0.1, 0.15) is 31.3 Å². The first-order valence-corrected chi connectivity index (χ1v) is 10.3. The second-order valence-corrected chi connectivity index (χ2v) is 8.92. The number of nitrogens with one attached hydrogen (secondary N) is 2. The SMILES string of the molecule is CN(CC(=O)N1CC[NH+](CC(=O)NC(C)(C)C)CC1)C(=O)c1cc2ccccc2o1. The maximum absolute atomic E-state index is 12.6. The van der Waals surface area contributed by atoms with E-state index in [1.165, 1.54) is 4.90 Å². The van der Waals surface area contributed by atoms with E-state index in [-0.39, 0.29) is 35.6 Å². The number of fused-ring (bicyclic) bond motifs is 1. The molecule has 3 amide bonds. The highest BCUT2D eigenvalue weighted by Crippen LogP contribution is 2.19. The van der Waals surface area contributed by atoms with Crippen LogP contribution in [0.2, 0.25) is 0 Å². The zero-order valence-electron chi connectivity index (χ0n) is 18.2. The van der Waals surface area contributed by atoms with E-state index in [4.69, 9.17) is 4.42 Å². The maximum Gasteiger partial charge on any atom is 0.289 e. The summed E-state index contributed by atoms with van der Waals surface area (Å²) >= 11 is 0. The summed E-state index contributed by atoms with van der Waals surface area (Å²) in [5, 5.41) is 3.83. The van der Waals surface area contributed by atoms with Crippen LogP contribution >= 0.6 is 0 Å². The standard InChI is InChI=1S/C22H30N4O4/c1-22(2,3)23-19(27)14-25-9-11-26(12-10-25)20(28)15-24(4)21(29)18-13-16-7-5-6-8-17(16)30-18/h5-8,13H,9-12,14-15H2,1-4H3,(H,23,27)/p+1. The van der Waals surface area contributed by atoms with Crippen molar-refractivity contribution in [3.8, 4) is 0 Å². The summed E-state index contributed by atoms with van der Waals surface area (Å²) in [5.74, 6) is -0.165. The van der Waals surface area contributed by atoms with E-state index in [0.717, 1.165) is 10.3 Å². The molecule has 30 heavy (non-hydrogen) atoms. The van der Waals surface area contributed by atoms with Crippen molar-refractivity contribution in [2.24, 2.45) is 0 Å². The third kappa shape index (κ3) is 5.60. The number of piperazine rings is 1. The van der Waals surface area contributed by atoms with Crippen LogP contribution in [0, 0.1) is 0 Å². The van der Waals surface area contributed by atoms with Gasteiger partial charge in [0.25, 0.3) is 11.8 Å². The Morgan fingerprint density at radius 3 is 2.47 bits per heavy atom. The number of likely N-dealkylation sites (N-methyl/N-ethyl adjacent to an activating group) is 1. The molecule has 1 aliphatic rings. The molecule has 8 heteroatoms. The predicted octanol–water partition coefficient (Wildman–Crippen LogP) is 0.147. The third-order valence-corrected chi connectivity index (χ3v) is 5.10. The molecule has 1 fully saturated rings. The van der Waals surface area contributed by atoms with E-state index in [9.17, 15) is 14.4 Å². The smallest absolute Gasteiger partial charge is 0.289 e. The van der Waals surface area contributed by atoms with Crippen molar-refractivity contribution in [3.05, 3.63) is 36.1 Å². The summed E-state index contributed by atoms with van der Waals surface area (Å²) in [6.45, 7) is 8.85. The van der Waals surface area contributed by atoms with Crippen LogP contribution in [0.3, 0.4) is 0 Å². The monoisotopic (exact) mass is 415 g/mol. The fourth-order valence-corrected chi connectivity index (χ4v) is 3.59. The van der Waals surface area contributed by atoms with Gasteiger partial charge in [-0.15, -0.1) is 0 Å². The van der Waals surface area contributed by atoms with Crippen molar-refractivity contribution in [2.75, 3.05) is 46.3 Å². The van der Waals surface area contributed by atoms with Crippen LogP contribution in [0.4, 0.5) is 0 Å². The summed E-state index contributed by atoms with van der Waals surface area (Å²) < 4.78 is 5.61. The van der Waals surface area contributed by atoms with Crippen LogP contribution in [0.15, 0.2) is 34.7 Å². The van der Waals surface area contributed by atoms with E-state index in [1.54, 1.807) is 24.1 Å². The summed E-state index contributed by atoms with van der Waals surface area (Å²) in [6.07, 6.45) is 0. The molecular weight excluding hydrogens is 384 g/mol. The summed E-state index contributed by atoms with van der Waals surface area (Å²) in [7, 11) is 1.60. The van der Waals surface area contributed by atoms with E-state index >= 15 is 0 Å². The fraction of sp³-hybridized carbons (Fsp3) is 0.500. The summed E-state index contributed by atoms with van der Waals surface area (Å²) in [5.41, 5.74) is 0.404. The largest absolute Gasteiger partial charge is 0.451 e. The van der Waals surface area contributed by atoms with Gasteiger partial charge in [-0.2, -0.15) is 0 Å². The number of amides is 3. The Labute approximate surface area is 176 Å². The second-order valence-electron chi connectivity index (χ2n) is 8.92. The van der Waals surface area contributed by atoms with Gasteiger partial charge in [-0.3, -0.25) is 14.4 Å². The second kappa shape index (κ2) is 8.87. The van der Waals surface area contributed by atoms with Crippen molar-refractivity contribution < 1.29 is 23.7 Å². The van der Waals surface area contributed by atoms with Crippen molar-refractivity contribution in [2.45, 2.75) is 26.3 Å². The topological polar surface area (TPSA) is 87.3 Å². The molecule has 0 spiro atoms. The van der Waals surface area contributed by atoms with Gasteiger partial charge in [-0.05, 0) is 32.9 Å². The maximum atomic E-state index is 12.6. The van der Waals surface area contributed by atoms with Crippen LogP contribution < -0.4 is 10.2 Å². The number of carbonyl (C=O) groups excluding carboxylic acids is 3. The fourth-order valence-electron chi connectivity index (χ4n) is 3.59. The molecule has 1 aliphatic heterocycles. The number of carbonyl (C=O) groups is 3. The Balaban J connectivity index is 1.48. The molecule has 0 atom stereocenters. The van der Waals surface area contributed by atoms with E-state index < -0.39 is 0 Å². The normalized spacial score (nSPS) is 15.3. The molecule has 0 unspecified atom stereocenters. The van der Waals surface area contributed by atoms with Crippen LogP contribution in [0.5, 0.6) is 0 Å². The zero-order valence-corrected chi connectivity index (χ0v) is 18.2. The van der Waals surface area contributed by atoms with Crippen LogP contribution in [0.25, 0.3) is 11.0 Å². The number of rotatable bonds is 5. The molecule has 2 heterocycles. The average Bonchev–Trinajstić information content (AvgIpc) is 3.10. The Morgan fingerprint density at radius 1 is 1.17 bits per heavy atom. The number of furan rings is 1. The van der Waals surface area contributed by atoms with Crippen molar-refractivity contribution >= 4 is 28.7 Å².